The number of hydrogen-bond donors (Lipinski definition) is 0. The van der Waals surface area contributed by atoms with Crippen LogP contribution in [-0.2, 0) is 6.18 Å². The molecule has 0 aromatic heterocycles. The predicted molar refractivity (Wildman–Crippen MR) is 57.5 cm³/mol. The summed E-state index contributed by atoms with van der Waals surface area (Å²) in [4.78, 5) is 2.06. The quantitative estimate of drug-likeness (QED) is 0.747. The van der Waals surface area contributed by atoms with Crippen LogP contribution in [0.4, 0.5) is 18.9 Å². The van der Waals surface area contributed by atoms with Crippen molar-refractivity contribution in [3.05, 3.63) is 29.8 Å². The maximum absolute atomic E-state index is 12.3. The molecule has 16 heavy (non-hydrogen) atoms. The molecule has 1 nitrogen and oxygen atoms in total. The Kier molecular flexibility index (Phi) is 2.82. The Labute approximate surface area is 92.9 Å². The van der Waals surface area contributed by atoms with Crippen LogP contribution in [0.3, 0.4) is 0 Å². The second-order valence-electron chi connectivity index (χ2n) is 4.24. The maximum atomic E-state index is 12.3. The highest BCUT2D eigenvalue weighted by Gasteiger charge is 2.30. The van der Waals surface area contributed by atoms with E-state index in [1.807, 2.05) is 7.05 Å². The second kappa shape index (κ2) is 4.00. The van der Waals surface area contributed by atoms with Gasteiger partial charge in [-0.15, -0.1) is 0 Å². The van der Waals surface area contributed by atoms with Gasteiger partial charge in [-0.1, -0.05) is 0 Å². The van der Waals surface area contributed by atoms with E-state index >= 15 is 0 Å². The molecule has 0 heterocycles. The average molecular weight is 229 g/mol. The van der Waals surface area contributed by atoms with Gasteiger partial charge in [0.1, 0.15) is 0 Å². The van der Waals surface area contributed by atoms with Crippen LogP contribution in [-0.4, -0.2) is 13.1 Å². The molecule has 0 unspecified atom stereocenters. The molecule has 0 saturated heterocycles. The molecule has 0 aliphatic heterocycles. The van der Waals surface area contributed by atoms with Gasteiger partial charge in [-0.05, 0) is 43.5 Å². The first kappa shape index (κ1) is 11.3. The zero-order valence-corrected chi connectivity index (χ0v) is 9.09. The lowest BCUT2D eigenvalue weighted by Crippen LogP contribution is -2.37. The molecule has 0 N–H and O–H groups in total. The molecular weight excluding hydrogens is 215 g/mol. The minimum atomic E-state index is -4.24. The standard InChI is InChI=1S/C12H14F3N/c1-16(10-3-2-4-10)11-7-5-9(6-8-11)12(13,14)15/h5-8,10H,2-4H2,1H3. The van der Waals surface area contributed by atoms with Crippen molar-refractivity contribution in [3.8, 4) is 0 Å². The van der Waals surface area contributed by atoms with Gasteiger partial charge >= 0.3 is 6.18 Å². The Morgan fingerprint density at radius 3 is 2.06 bits per heavy atom. The summed E-state index contributed by atoms with van der Waals surface area (Å²) in [5.74, 6) is 0. The summed E-state index contributed by atoms with van der Waals surface area (Å²) >= 11 is 0. The van der Waals surface area contributed by atoms with Crippen molar-refractivity contribution < 1.29 is 13.2 Å². The van der Waals surface area contributed by atoms with Gasteiger partial charge in [0.25, 0.3) is 0 Å². The summed E-state index contributed by atoms with van der Waals surface area (Å²) in [6.45, 7) is 0. The number of nitrogens with zero attached hydrogens (tertiary/aromatic N) is 1. The summed E-state index contributed by atoms with van der Waals surface area (Å²) in [6.07, 6.45) is -0.752. The zero-order chi connectivity index (χ0) is 11.8. The lowest BCUT2D eigenvalue weighted by atomic mass is 9.91. The van der Waals surface area contributed by atoms with Gasteiger partial charge in [-0.3, -0.25) is 0 Å². The largest absolute Gasteiger partial charge is 0.416 e. The Morgan fingerprint density at radius 1 is 1.12 bits per heavy atom. The number of hydrogen-bond acceptors (Lipinski definition) is 1. The van der Waals surface area contributed by atoms with E-state index in [2.05, 4.69) is 4.90 Å². The van der Waals surface area contributed by atoms with Crippen LogP contribution in [0.15, 0.2) is 24.3 Å². The first-order chi connectivity index (χ1) is 7.48. The van der Waals surface area contributed by atoms with E-state index < -0.39 is 11.7 Å². The minimum absolute atomic E-state index is 0.497. The van der Waals surface area contributed by atoms with Gasteiger partial charge in [0, 0.05) is 18.8 Å². The van der Waals surface area contributed by atoms with Gasteiger partial charge in [-0.2, -0.15) is 13.2 Å². The van der Waals surface area contributed by atoms with Crippen molar-refractivity contribution in [3.63, 3.8) is 0 Å². The Balaban J connectivity index is 2.12. The smallest absolute Gasteiger partial charge is 0.372 e. The fourth-order valence-electron chi connectivity index (χ4n) is 1.87. The summed E-state index contributed by atoms with van der Waals surface area (Å²) < 4.78 is 37.0. The highest BCUT2D eigenvalue weighted by Crippen LogP contribution is 2.32. The van der Waals surface area contributed by atoms with Crippen LogP contribution in [0.5, 0.6) is 0 Å². The van der Waals surface area contributed by atoms with Gasteiger partial charge in [0.2, 0.25) is 0 Å². The average Bonchev–Trinajstić information content (AvgIpc) is 2.14. The lowest BCUT2D eigenvalue weighted by molar-refractivity contribution is -0.137. The normalized spacial score (nSPS) is 17.0. The Bertz CT molecular complexity index is 352. The van der Waals surface area contributed by atoms with Crippen molar-refractivity contribution in [2.45, 2.75) is 31.5 Å². The monoisotopic (exact) mass is 229 g/mol. The third kappa shape index (κ3) is 2.15. The Hall–Kier alpha value is -1.19. The summed E-state index contributed by atoms with van der Waals surface area (Å²) in [6, 6.07) is 5.87. The summed E-state index contributed by atoms with van der Waals surface area (Å²) in [5, 5.41) is 0. The Morgan fingerprint density at radius 2 is 1.69 bits per heavy atom. The third-order valence-electron chi connectivity index (χ3n) is 3.22. The van der Waals surface area contributed by atoms with Crippen molar-refractivity contribution in [1.82, 2.24) is 0 Å². The van der Waals surface area contributed by atoms with Crippen molar-refractivity contribution in [1.29, 1.82) is 0 Å². The molecule has 0 radical (unpaired) electrons. The molecule has 1 aromatic rings. The van der Waals surface area contributed by atoms with Crippen LogP contribution < -0.4 is 4.90 Å². The molecule has 0 bridgehead atoms. The number of halogens is 3. The van der Waals surface area contributed by atoms with Gasteiger partial charge in [0.05, 0.1) is 5.56 Å². The van der Waals surface area contributed by atoms with E-state index in [9.17, 15) is 13.2 Å². The predicted octanol–water partition coefficient (Wildman–Crippen LogP) is 3.69. The molecule has 2 rings (SSSR count). The van der Waals surface area contributed by atoms with E-state index in [1.54, 1.807) is 12.1 Å². The number of alkyl halides is 3. The van der Waals surface area contributed by atoms with Crippen molar-refractivity contribution >= 4 is 5.69 Å². The molecule has 1 aromatic carbocycles. The van der Waals surface area contributed by atoms with E-state index in [0.717, 1.165) is 30.7 Å². The summed E-state index contributed by atoms with van der Waals surface area (Å²) in [5.41, 5.74) is 0.274. The molecule has 1 aliphatic rings. The first-order valence-corrected chi connectivity index (χ1v) is 5.38. The van der Waals surface area contributed by atoms with E-state index in [0.29, 0.717) is 6.04 Å². The minimum Gasteiger partial charge on any atom is -0.372 e. The molecular formula is C12H14F3N. The summed E-state index contributed by atoms with van der Waals surface area (Å²) in [7, 11) is 1.94. The molecule has 88 valence electrons. The van der Waals surface area contributed by atoms with Crippen LogP contribution >= 0.6 is 0 Å². The van der Waals surface area contributed by atoms with E-state index in [1.165, 1.54) is 6.42 Å². The van der Waals surface area contributed by atoms with Crippen LogP contribution in [0.25, 0.3) is 0 Å². The topological polar surface area (TPSA) is 3.24 Å². The molecule has 0 amide bonds. The SMILES string of the molecule is CN(c1ccc(C(F)(F)F)cc1)C1CCC1. The molecule has 1 saturated carbocycles. The lowest BCUT2D eigenvalue weighted by Gasteiger charge is -2.36. The zero-order valence-electron chi connectivity index (χ0n) is 9.09. The second-order valence-corrected chi connectivity index (χ2v) is 4.24. The highest BCUT2D eigenvalue weighted by atomic mass is 19.4. The third-order valence-corrected chi connectivity index (χ3v) is 3.22. The molecule has 0 spiro atoms. The molecule has 0 atom stereocenters. The van der Waals surface area contributed by atoms with Crippen LogP contribution in [0, 0.1) is 0 Å². The molecule has 4 heteroatoms. The van der Waals surface area contributed by atoms with Crippen molar-refractivity contribution in [2.24, 2.45) is 0 Å². The fourth-order valence-corrected chi connectivity index (χ4v) is 1.87. The molecule has 1 aliphatic carbocycles. The van der Waals surface area contributed by atoms with E-state index in [-0.39, 0.29) is 0 Å². The van der Waals surface area contributed by atoms with Gasteiger partial charge in [-0.25, -0.2) is 0 Å². The van der Waals surface area contributed by atoms with Crippen LogP contribution in [0.1, 0.15) is 24.8 Å². The van der Waals surface area contributed by atoms with Gasteiger partial charge < -0.3 is 4.90 Å². The maximum Gasteiger partial charge on any atom is 0.416 e. The van der Waals surface area contributed by atoms with Crippen molar-refractivity contribution in [2.75, 3.05) is 11.9 Å². The number of rotatable bonds is 2. The van der Waals surface area contributed by atoms with E-state index in [4.69, 9.17) is 0 Å². The number of benzene rings is 1. The van der Waals surface area contributed by atoms with Crippen LogP contribution in [0.2, 0.25) is 0 Å². The first-order valence-electron chi connectivity index (χ1n) is 5.38. The number of anilines is 1. The van der Waals surface area contributed by atoms with Gasteiger partial charge in [0.15, 0.2) is 0 Å². The highest BCUT2D eigenvalue weighted by molar-refractivity contribution is 5.48. The molecule has 1 fully saturated rings. The fraction of sp³-hybridized carbons (Fsp3) is 0.500.